The predicted molar refractivity (Wildman–Crippen MR) is 47.1 cm³/mol. The Kier molecular flexibility index (Phi) is 1.71. The molecule has 0 bridgehead atoms. The molecular formula is C9H8N4. The van der Waals surface area contributed by atoms with Gasteiger partial charge in [-0.3, -0.25) is 0 Å². The highest BCUT2D eigenvalue weighted by Crippen LogP contribution is 2.13. The molecular weight excluding hydrogens is 164 g/mol. The minimum Gasteiger partial charge on any atom is -0.241 e. The van der Waals surface area contributed by atoms with E-state index in [1.165, 1.54) is 6.33 Å². The van der Waals surface area contributed by atoms with Gasteiger partial charge in [-0.2, -0.15) is 10.4 Å². The second kappa shape index (κ2) is 2.87. The van der Waals surface area contributed by atoms with Gasteiger partial charge >= 0.3 is 0 Å². The van der Waals surface area contributed by atoms with E-state index >= 15 is 0 Å². The van der Waals surface area contributed by atoms with Crippen molar-refractivity contribution in [2.75, 3.05) is 0 Å². The molecule has 0 aliphatic rings. The molecule has 4 nitrogen and oxygen atoms in total. The monoisotopic (exact) mass is 172 g/mol. The molecule has 0 aliphatic carbocycles. The van der Waals surface area contributed by atoms with E-state index in [1.807, 2.05) is 6.92 Å². The maximum absolute atomic E-state index is 8.84. The van der Waals surface area contributed by atoms with E-state index in [0.29, 0.717) is 5.56 Å². The van der Waals surface area contributed by atoms with E-state index < -0.39 is 0 Å². The molecule has 0 N–H and O–H groups in total. The highest BCUT2D eigenvalue weighted by molar-refractivity contribution is 5.54. The predicted octanol–water partition coefficient (Wildman–Crippen LogP) is 1.16. The van der Waals surface area contributed by atoms with Crippen LogP contribution in [-0.4, -0.2) is 14.6 Å². The fraction of sp³-hybridized carbons (Fsp3) is 0.222. The van der Waals surface area contributed by atoms with Gasteiger partial charge in [0.25, 0.3) is 0 Å². The lowest BCUT2D eigenvalue weighted by Crippen LogP contribution is -1.97. The molecule has 0 saturated heterocycles. The van der Waals surface area contributed by atoms with Gasteiger partial charge < -0.3 is 0 Å². The smallest absolute Gasteiger partial charge is 0.136 e. The molecule has 0 spiro atoms. The third-order valence-corrected chi connectivity index (χ3v) is 2.00. The Morgan fingerprint density at radius 1 is 1.62 bits per heavy atom. The maximum atomic E-state index is 8.84. The van der Waals surface area contributed by atoms with E-state index in [9.17, 15) is 0 Å². The normalized spacial score (nSPS) is 10.2. The van der Waals surface area contributed by atoms with Crippen molar-refractivity contribution in [3.05, 3.63) is 29.8 Å². The number of hydrogen-bond donors (Lipinski definition) is 0. The Bertz CT molecular complexity index is 478. The summed E-state index contributed by atoms with van der Waals surface area (Å²) in [7, 11) is 0. The van der Waals surface area contributed by atoms with Crippen molar-refractivity contribution >= 4 is 5.52 Å². The molecule has 0 saturated carbocycles. The maximum Gasteiger partial charge on any atom is 0.136 e. The summed E-state index contributed by atoms with van der Waals surface area (Å²) >= 11 is 0. The molecule has 0 atom stereocenters. The largest absolute Gasteiger partial charge is 0.241 e. The van der Waals surface area contributed by atoms with E-state index in [1.54, 1.807) is 16.8 Å². The SMILES string of the molecule is CCc1c(C#N)cc2cncnn12. The molecule has 0 radical (unpaired) electrons. The summed E-state index contributed by atoms with van der Waals surface area (Å²) in [5.74, 6) is 0. The van der Waals surface area contributed by atoms with Crippen molar-refractivity contribution in [1.82, 2.24) is 14.6 Å². The number of nitrogens with zero attached hydrogens (tertiary/aromatic N) is 4. The van der Waals surface area contributed by atoms with Crippen LogP contribution in [0.15, 0.2) is 18.6 Å². The quantitative estimate of drug-likeness (QED) is 0.648. The third kappa shape index (κ3) is 1.05. The van der Waals surface area contributed by atoms with Crippen LogP contribution in [0.3, 0.4) is 0 Å². The highest BCUT2D eigenvalue weighted by Gasteiger charge is 2.07. The van der Waals surface area contributed by atoms with E-state index in [4.69, 9.17) is 5.26 Å². The van der Waals surface area contributed by atoms with Gasteiger partial charge in [-0.15, -0.1) is 0 Å². The van der Waals surface area contributed by atoms with Crippen LogP contribution < -0.4 is 0 Å². The average Bonchev–Trinajstić information content (AvgIpc) is 2.55. The zero-order chi connectivity index (χ0) is 9.26. The summed E-state index contributed by atoms with van der Waals surface area (Å²) in [4.78, 5) is 3.89. The van der Waals surface area contributed by atoms with E-state index in [2.05, 4.69) is 16.2 Å². The molecule has 2 aromatic heterocycles. The lowest BCUT2D eigenvalue weighted by molar-refractivity contribution is 0.835. The van der Waals surface area contributed by atoms with Crippen LogP contribution in [0.4, 0.5) is 0 Å². The van der Waals surface area contributed by atoms with Crippen molar-refractivity contribution in [3.63, 3.8) is 0 Å². The lowest BCUT2D eigenvalue weighted by Gasteiger charge is -1.96. The van der Waals surface area contributed by atoms with Gasteiger partial charge in [0, 0.05) is 0 Å². The summed E-state index contributed by atoms with van der Waals surface area (Å²) in [6.07, 6.45) is 3.98. The molecule has 0 aromatic carbocycles. The van der Waals surface area contributed by atoms with Crippen molar-refractivity contribution in [3.8, 4) is 6.07 Å². The van der Waals surface area contributed by atoms with Crippen molar-refractivity contribution < 1.29 is 0 Å². The molecule has 2 rings (SSSR count). The van der Waals surface area contributed by atoms with Crippen molar-refractivity contribution in [2.45, 2.75) is 13.3 Å². The topological polar surface area (TPSA) is 54.0 Å². The lowest BCUT2D eigenvalue weighted by atomic mass is 10.2. The second-order valence-electron chi connectivity index (χ2n) is 2.72. The summed E-state index contributed by atoms with van der Waals surface area (Å²) < 4.78 is 1.76. The zero-order valence-corrected chi connectivity index (χ0v) is 7.23. The highest BCUT2D eigenvalue weighted by atomic mass is 15.2. The van der Waals surface area contributed by atoms with Gasteiger partial charge in [0.1, 0.15) is 12.4 Å². The minimum atomic E-state index is 0.683. The Labute approximate surface area is 75.4 Å². The molecule has 2 heterocycles. The number of hydrogen-bond acceptors (Lipinski definition) is 3. The van der Waals surface area contributed by atoms with E-state index in [-0.39, 0.29) is 0 Å². The first-order chi connectivity index (χ1) is 6.36. The number of fused-ring (bicyclic) bond motifs is 1. The van der Waals surface area contributed by atoms with Crippen LogP contribution in [0.1, 0.15) is 18.2 Å². The van der Waals surface area contributed by atoms with Crippen LogP contribution in [0.5, 0.6) is 0 Å². The minimum absolute atomic E-state index is 0.683. The van der Waals surface area contributed by atoms with Crippen LogP contribution in [0.2, 0.25) is 0 Å². The number of rotatable bonds is 1. The number of aryl methyl sites for hydroxylation is 1. The third-order valence-electron chi connectivity index (χ3n) is 2.00. The summed E-state index contributed by atoms with van der Waals surface area (Å²) in [6.45, 7) is 2.00. The first-order valence-electron chi connectivity index (χ1n) is 4.07. The summed E-state index contributed by atoms with van der Waals surface area (Å²) in [5.41, 5.74) is 2.50. The molecule has 0 aliphatic heterocycles. The van der Waals surface area contributed by atoms with Crippen LogP contribution in [0, 0.1) is 11.3 Å². The van der Waals surface area contributed by atoms with Crippen LogP contribution in [0.25, 0.3) is 5.52 Å². The first kappa shape index (κ1) is 7.74. The van der Waals surface area contributed by atoms with Crippen molar-refractivity contribution in [1.29, 1.82) is 5.26 Å². The van der Waals surface area contributed by atoms with Gasteiger partial charge in [0.05, 0.1) is 23.0 Å². The van der Waals surface area contributed by atoms with Crippen LogP contribution in [-0.2, 0) is 6.42 Å². The van der Waals surface area contributed by atoms with Gasteiger partial charge in [-0.25, -0.2) is 9.50 Å². The molecule has 0 amide bonds. The first-order valence-corrected chi connectivity index (χ1v) is 4.07. The zero-order valence-electron chi connectivity index (χ0n) is 7.23. The van der Waals surface area contributed by atoms with Gasteiger partial charge in [-0.1, -0.05) is 6.92 Å². The molecule has 2 aromatic rings. The number of aromatic nitrogens is 3. The molecule has 4 heteroatoms. The fourth-order valence-corrected chi connectivity index (χ4v) is 1.42. The summed E-state index contributed by atoms with van der Waals surface area (Å²) in [5, 5.41) is 12.9. The molecule has 0 unspecified atom stereocenters. The Balaban J connectivity index is 2.83. The molecule has 64 valence electrons. The van der Waals surface area contributed by atoms with E-state index in [0.717, 1.165) is 17.6 Å². The standard InChI is InChI=1S/C9H8N4/c1-2-9-7(4-10)3-8-5-11-6-12-13(8)9/h3,5-6H,2H2,1H3. The molecule has 0 fully saturated rings. The second-order valence-corrected chi connectivity index (χ2v) is 2.72. The fourth-order valence-electron chi connectivity index (χ4n) is 1.42. The summed E-state index contributed by atoms with van der Waals surface area (Å²) in [6, 6.07) is 3.95. The van der Waals surface area contributed by atoms with Gasteiger partial charge in [0.2, 0.25) is 0 Å². The van der Waals surface area contributed by atoms with Crippen LogP contribution >= 0.6 is 0 Å². The molecule has 13 heavy (non-hydrogen) atoms. The van der Waals surface area contributed by atoms with Gasteiger partial charge in [0.15, 0.2) is 0 Å². The number of nitriles is 1. The average molecular weight is 172 g/mol. The Morgan fingerprint density at radius 2 is 2.46 bits per heavy atom. The van der Waals surface area contributed by atoms with Crippen molar-refractivity contribution in [2.24, 2.45) is 0 Å². The Morgan fingerprint density at radius 3 is 3.15 bits per heavy atom. The van der Waals surface area contributed by atoms with Gasteiger partial charge in [-0.05, 0) is 12.5 Å². The Hall–Kier alpha value is -1.89.